The summed E-state index contributed by atoms with van der Waals surface area (Å²) in [6.07, 6.45) is -0.484. The summed E-state index contributed by atoms with van der Waals surface area (Å²) >= 11 is 6.11. The van der Waals surface area contributed by atoms with Crippen molar-refractivity contribution in [2.24, 2.45) is 0 Å². The molecular formula is C19H22ClNO4S. The van der Waals surface area contributed by atoms with E-state index in [1.54, 1.807) is 20.8 Å². The van der Waals surface area contributed by atoms with E-state index in [-0.39, 0.29) is 15.5 Å². The van der Waals surface area contributed by atoms with E-state index in [1.165, 1.54) is 22.5 Å². The quantitative estimate of drug-likeness (QED) is 0.656. The van der Waals surface area contributed by atoms with Crippen LogP contribution in [-0.4, -0.2) is 31.8 Å². The molecule has 5 nitrogen and oxygen atoms in total. The maximum atomic E-state index is 12.7. The number of rotatable bonds is 7. The molecular weight excluding hydrogens is 374 g/mol. The van der Waals surface area contributed by atoms with Gasteiger partial charge < -0.3 is 4.74 Å². The molecule has 0 aromatic heterocycles. The van der Waals surface area contributed by atoms with Gasteiger partial charge in [0.05, 0.1) is 15.5 Å². The van der Waals surface area contributed by atoms with Gasteiger partial charge in [-0.25, -0.2) is 13.2 Å². The summed E-state index contributed by atoms with van der Waals surface area (Å²) in [5.41, 5.74) is 0.867. The van der Waals surface area contributed by atoms with E-state index >= 15 is 0 Å². The summed E-state index contributed by atoms with van der Waals surface area (Å²) in [6, 6.07) is 13.3. The number of esters is 1. The van der Waals surface area contributed by atoms with Crippen LogP contribution in [0.4, 0.5) is 0 Å². The molecule has 0 heterocycles. The maximum absolute atomic E-state index is 12.7. The molecule has 0 aliphatic carbocycles. The van der Waals surface area contributed by atoms with Crippen molar-refractivity contribution < 1.29 is 17.9 Å². The number of sulfonamides is 1. The summed E-state index contributed by atoms with van der Waals surface area (Å²) in [4.78, 5) is 12.5. The molecule has 26 heavy (non-hydrogen) atoms. The molecule has 140 valence electrons. The van der Waals surface area contributed by atoms with E-state index in [4.69, 9.17) is 16.3 Å². The second-order valence-electron chi connectivity index (χ2n) is 5.69. The van der Waals surface area contributed by atoms with Gasteiger partial charge in [0.1, 0.15) is 6.10 Å². The summed E-state index contributed by atoms with van der Waals surface area (Å²) in [7, 11) is -3.69. The standard InChI is InChI=1S/C19H22ClNO4S/c1-4-21(5-2)26(23,24)16-11-12-18(20)17(13-16)19(22)25-14(3)15-9-7-6-8-10-15/h6-14H,4-5H2,1-3H3/t14-/m1/s1. The lowest BCUT2D eigenvalue weighted by atomic mass is 10.1. The van der Waals surface area contributed by atoms with Crippen LogP contribution in [0, 0.1) is 0 Å². The van der Waals surface area contributed by atoms with Gasteiger partial charge in [0.2, 0.25) is 10.0 Å². The van der Waals surface area contributed by atoms with Gasteiger partial charge in [-0.1, -0.05) is 55.8 Å². The minimum atomic E-state index is -3.69. The molecule has 0 bridgehead atoms. The number of hydrogen-bond acceptors (Lipinski definition) is 4. The van der Waals surface area contributed by atoms with Crippen LogP contribution >= 0.6 is 11.6 Å². The fraction of sp³-hybridized carbons (Fsp3) is 0.316. The number of ether oxygens (including phenoxy) is 1. The van der Waals surface area contributed by atoms with Gasteiger partial charge in [-0.15, -0.1) is 0 Å². The molecule has 2 aromatic rings. The lowest BCUT2D eigenvalue weighted by Gasteiger charge is -2.19. The van der Waals surface area contributed by atoms with Gasteiger partial charge in [-0.05, 0) is 30.7 Å². The predicted octanol–water partition coefficient (Wildman–Crippen LogP) is 4.29. The first-order chi connectivity index (χ1) is 12.3. The molecule has 0 saturated heterocycles. The monoisotopic (exact) mass is 395 g/mol. The SMILES string of the molecule is CCN(CC)S(=O)(=O)c1ccc(Cl)c(C(=O)O[C@H](C)c2ccccc2)c1. The van der Waals surface area contributed by atoms with Crippen LogP contribution < -0.4 is 0 Å². The number of carbonyl (C=O) groups excluding carboxylic acids is 1. The van der Waals surface area contributed by atoms with Crippen LogP contribution in [0.3, 0.4) is 0 Å². The molecule has 0 amide bonds. The molecule has 0 saturated carbocycles. The van der Waals surface area contributed by atoms with E-state index in [2.05, 4.69) is 0 Å². The zero-order valence-electron chi connectivity index (χ0n) is 15.0. The first kappa shape index (κ1) is 20.4. The van der Waals surface area contributed by atoms with Gasteiger partial charge in [0.15, 0.2) is 0 Å². The third-order valence-corrected chi connectivity index (χ3v) is 6.43. The van der Waals surface area contributed by atoms with Gasteiger partial charge in [-0.2, -0.15) is 4.31 Å². The van der Waals surface area contributed by atoms with Crippen LogP contribution in [0.15, 0.2) is 53.4 Å². The Bertz CT molecular complexity index is 864. The summed E-state index contributed by atoms with van der Waals surface area (Å²) in [5, 5.41) is 0.147. The Morgan fingerprint density at radius 3 is 2.31 bits per heavy atom. The van der Waals surface area contributed by atoms with Crippen molar-refractivity contribution >= 4 is 27.6 Å². The Hall–Kier alpha value is -1.89. The Balaban J connectivity index is 2.31. The summed E-state index contributed by atoms with van der Waals surface area (Å²) in [5.74, 6) is -0.664. The highest BCUT2D eigenvalue weighted by Gasteiger charge is 2.25. The molecule has 0 fully saturated rings. The van der Waals surface area contributed by atoms with E-state index in [0.29, 0.717) is 13.1 Å². The molecule has 0 spiro atoms. The first-order valence-corrected chi connectivity index (χ1v) is 10.2. The molecule has 0 radical (unpaired) electrons. The number of nitrogens with zero attached hydrogens (tertiary/aromatic N) is 1. The summed E-state index contributed by atoms with van der Waals surface area (Å²) in [6.45, 7) is 5.94. The van der Waals surface area contributed by atoms with Crippen LogP contribution in [0.5, 0.6) is 0 Å². The van der Waals surface area contributed by atoms with Crippen molar-refractivity contribution in [2.75, 3.05) is 13.1 Å². The average Bonchev–Trinajstić information content (AvgIpc) is 2.63. The number of hydrogen-bond donors (Lipinski definition) is 0. The van der Waals surface area contributed by atoms with E-state index in [0.717, 1.165) is 5.56 Å². The molecule has 7 heteroatoms. The normalized spacial score (nSPS) is 12.8. The van der Waals surface area contributed by atoms with Crippen LogP contribution in [0.1, 0.15) is 42.8 Å². The van der Waals surface area contributed by atoms with Gasteiger partial charge in [0, 0.05) is 13.1 Å². The Labute approximate surface area is 159 Å². The highest BCUT2D eigenvalue weighted by Crippen LogP contribution is 2.26. The second-order valence-corrected chi connectivity index (χ2v) is 8.03. The van der Waals surface area contributed by atoms with Gasteiger partial charge in [-0.3, -0.25) is 0 Å². The first-order valence-electron chi connectivity index (χ1n) is 8.36. The van der Waals surface area contributed by atoms with E-state index in [1.807, 2.05) is 30.3 Å². The fourth-order valence-corrected chi connectivity index (χ4v) is 4.23. The van der Waals surface area contributed by atoms with Crippen molar-refractivity contribution in [2.45, 2.75) is 31.8 Å². The van der Waals surface area contributed by atoms with Crippen LogP contribution in [-0.2, 0) is 14.8 Å². The second kappa shape index (κ2) is 8.66. The van der Waals surface area contributed by atoms with Crippen molar-refractivity contribution in [1.29, 1.82) is 0 Å². The lowest BCUT2D eigenvalue weighted by Crippen LogP contribution is -2.30. The smallest absolute Gasteiger partial charge is 0.340 e. The largest absolute Gasteiger partial charge is 0.454 e. The van der Waals surface area contributed by atoms with Crippen LogP contribution in [0.2, 0.25) is 5.02 Å². The third-order valence-electron chi connectivity index (χ3n) is 4.05. The van der Waals surface area contributed by atoms with Crippen molar-refractivity contribution in [3.63, 3.8) is 0 Å². The average molecular weight is 396 g/mol. The Kier molecular flexibility index (Phi) is 6.81. The maximum Gasteiger partial charge on any atom is 0.340 e. The molecule has 0 aliphatic heterocycles. The third kappa shape index (κ3) is 4.44. The van der Waals surface area contributed by atoms with Crippen molar-refractivity contribution in [3.8, 4) is 0 Å². The zero-order valence-corrected chi connectivity index (χ0v) is 16.5. The van der Waals surface area contributed by atoms with Crippen molar-refractivity contribution in [1.82, 2.24) is 4.31 Å². The van der Waals surface area contributed by atoms with Gasteiger partial charge in [0.25, 0.3) is 0 Å². The van der Waals surface area contributed by atoms with Gasteiger partial charge >= 0.3 is 5.97 Å². The Morgan fingerprint density at radius 2 is 1.73 bits per heavy atom. The van der Waals surface area contributed by atoms with E-state index in [9.17, 15) is 13.2 Å². The highest BCUT2D eigenvalue weighted by molar-refractivity contribution is 7.89. The number of carbonyl (C=O) groups is 1. The Morgan fingerprint density at radius 1 is 1.12 bits per heavy atom. The minimum Gasteiger partial charge on any atom is -0.454 e. The topological polar surface area (TPSA) is 63.7 Å². The lowest BCUT2D eigenvalue weighted by molar-refractivity contribution is 0.0338. The molecule has 2 aromatic carbocycles. The molecule has 2 rings (SSSR count). The molecule has 0 aliphatic rings. The van der Waals surface area contributed by atoms with Crippen LogP contribution in [0.25, 0.3) is 0 Å². The summed E-state index contributed by atoms with van der Waals surface area (Å²) < 4.78 is 32.1. The zero-order chi connectivity index (χ0) is 19.3. The minimum absolute atomic E-state index is 0.0184. The predicted molar refractivity (Wildman–Crippen MR) is 102 cm³/mol. The van der Waals surface area contributed by atoms with Crippen molar-refractivity contribution in [3.05, 3.63) is 64.7 Å². The number of benzene rings is 2. The molecule has 0 unspecified atom stereocenters. The number of halogens is 1. The van der Waals surface area contributed by atoms with E-state index < -0.39 is 22.1 Å². The molecule has 1 atom stereocenters. The fourth-order valence-electron chi connectivity index (χ4n) is 2.55. The molecule has 0 N–H and O–H groups in total. The highest BCUT2D eigenvalue weighted by atomic mass is 35.5.